The van der Waals surface area contributed by atoms with Gasteiger partial charge in [0.1, 0.15) is 11.4 Å². The molecule has 134 valence electrons. The first-order chi connectivity index (χ1) is 11.3. The molecule has 1 aromatic carbocycles. The van der Waals surface area contributed by atoms with Gasteiger partial charge in [0.25, 0.3) is 0 Å². The number of hydrogen-bond acceptors (Lipinski definition) is 4. The van der Waals surface area contributed by atoms with Crippen LogP contribution >= 0.6 is 11.8 Å². The Hall–Kier alpha value is -1.76. The minimum Gasteiger partial charge on any atom is -0.444 e. The topological polar surface area (TPSA) is 67.4 Å². The maximum absolute atomic E-state index is 12.8. The Morgan fingerprint density at radius 2 is 1.79 bits per heavy atom. The van der Waals surface area contributed by atoms with Gasteiger partial charge in [-0.15, -0.1) is 0 Å². The zero-order valence-corrected chi connectivity index (χ0v) is 15.2. The fourth-order valence-corrected chi connectivity index (χ4v) is 2.43. The molecule has 2 amide bonds. The second-order valence-electron chi connectivity index (χ2n) is 6.21. The van der Waals surface area contributed by atoms with Gasteiger partial charge in [-0.3, -0.25) is 4.79 Å². The fourth-order valence-electron chi connectivity index (χ4n) is 1.75. The number of carbonyl (C=O) groups excluding carboxylic acids is 2. The third kappa shape index (κ3) is 10.1. The van der Waals surface area contributed by atoms with E-state index in [9.17, 15) is 14.0 Å². The van der Waals surface area contributed by atoms with Gasteiger partial charge in [-0.2, -0.15) is 11.8 Å². The van der Waals surface area contributed by atoms with Gasteiger partial charge >= 0.3 is 6.09 Å². The van der Waals surface area contributed by atoms with E-state index >= 15 is 0 Å². The van der Waals surface area contributed by atoms with Crippen LogP contribution < -0.4 is 10.6 Å². The van der Waals surface area contributed by atoms with Crippen LogP contribution in [0.25, 0.3) is 0 Å². The Morgan fingerprint density at radius 1 is 1.12 bits per heavy atom. The van der Waals surface area contributed by atoms with Gasteiger partial charge in [0.15, 0.2) is 0 Å². The second kappa shape index (κ2) is 10.2. The maximum atomic E-state index is 12.8. The van der Waals surface area contributed by atoms with Crippen molar-refractivity contribution < 1.29 is 18.7 Å². The largest absolute Gasteiger partial charge is 0.444 e. The van der Waals surface area contributed by atoms with Crippen molar-refractivity contribution >= 4 is 23.8 Å². The fraction of sp³-hybridized carbons (Fsp3) is 0.529. The predicted molar refractivity (Wildman–Crippen MR) is 94.7 cm³/mol. The summed E-state index contributed by atoms with van der Waals surface area (Å²) in [6, 6.07) is 6.23. The van der Waals surface area contributed by atoms with Crippen molar-refractivity contribution in [3.63, 3.8) is 0 Å². The molecular formula is C17H25FN2O3S. The lowest BCUT2D eigenvalue weighted by Crippen LogP contribution is -2.34. The molecule has 0 aliphatic carbocycles. The van der Waals surface area contributed by atoms with Gasteiger partial charge in [0, 0.05) is 18.8 Å². The lowest BCUT2D eigenvalue weighted by molar-refractivity contribution is -0.118. The summed E-state index contributed by atoms with van der Waals surface area (Å²) in [4.78, 5) is 23.1. The highest BCUT2D eigenvalue weighted by molar-refractivity contribution is 7.99. The summed E-state index contributed by atoms with van der Waals surface area (Å²) in [5.41, 5.74) is 0.465. The predicted octanol–water partition coefficient (Wildman–Crippen LogP) is 2.74. The third-order valence-electron chi connectivity index (χ3n) is 2.80. The van der Waals surface area contributed by atoms with Gasteiger partial charge in [-0.25, -0.2) is 9.18 Å². The molecule has 0 radical (unpaired) electrons. The van der Waals surface area contributed by atoms with Gasteiger partial charge in [0.05, 0.1) is 5.75 Å². The monoisotopic (exact) mass is 356 g/mol. The summed E-state index contributed by atoms with van der Waals surface area (Å²) in [6.07, 6.45) is 0.212. The molecule has 0 spiro atoms. The molecule has 0 aromatic heterocycles. The van der Waals surface area contributed by atoms with Crippen LogP contribution in [0.4, 0.5) is 9.18 Å². The van der Waals surface area contributed by atoms with Crippen LogP contribution in [0.1, 0.15) is 26.3 Å². The molecule has 0 unspecified atom stereocenters. The van der Waals surface area contributed by atoms with Crippen molar-refractivity contribution in [1.82, 2.24) is 10.6 Å². The van der Waals surface area contributed by atoms with Crippen LogP contribution in [0.3, 0.4) is 0 Å². The molecule has 5 nitrogen and oxygen atoms in total. The van der Waals surface area contributed by atoms with Crippen molar-refractivity contribution in [2.75, 3.05) is 24.6 Å². The summed E-state index contributed by atoms with van der Waals surface area (Å²) in [7, 11) is 0. The quantitative estimate of drug-likeness (QED) is 0.703. The summed E-state index contributed by atoms with van der Waals surface area (Å²) in [6.45, 7) is 6.37. The standard InChI is InChI=1S/C17H25FN2O3S/c1-17(2,3)23-16(22)20-10-11-24-12-15(21)19-9-8-13-4-6-14(18)7-5-13/h4-7H,8-12H2,1-3H3,(H,19,21)(H,20,22). The van der Waals surface area contributed by atoms with Crippen molar-refractivity contribution in [3.8, 4) is 0 Å². The van der Waals surface area contributed by atoms with E-state index in [2.05, 4.69) is 10.6 Å². The van der Waals surface area contributed by atoms with E-state index in [4.69, 9.17) is 4.74 Å². The van der Waals surface area contributed by atoms with Crippen molar-refractivity contribution in [2.24, 2.45) is 0 Å². The van der Waals surface area contributed by atoms with Crippen LogP contribution in [0, 0.1) is 5.82 Å². The van der Waals surface area contributed by atoms with E-state index < -0.39 is 11.7 Å². The highest BCUT2D eigenvalue weighted by atomic mass is 32.2. The van der Waals surface area contributed by atoms with Crippen LogP contribution in [0.2, 0.25) is 0 Å². The van der Waals surface area contributed by atoms with Crippen LogP contribution in [0.15, 0.2) is 24.3 Å². The van der Waals surface area contributed by atoms with Crippen molar-refractivity contribution in [3.05, 3.63) is 35.6 Å². The smallest absolute Gasteiger partial charge is 0.407 e. The van der Waals surface area contributed by atoms with Crippen molar-refractivity contribution in [2.45, 2.75) is 32.8 Å². The van der Waals surface area contributed by atoms with Crippen LogP contribution in [-0.2, 0) is 16.0 Å². The average molecular weight is 356 g/mol. The molecule has 0 aliphatic rings. The number of rotatable bonds is 8. The summed E-state index contributed by atoms with van der Waals surface area (Å²) < 4.78 is 17.9. The second-order valence-corrected chi connectivity index (χ2v) is 7.31. The number of hydrogen-bond donors (Lipinski definition) is 2. The lowest BCUT2D eigenvalue weighted by atomic mass is 10.1. The van der Waals surface area contributed by atoms with Gasteiger partial charge < -0.3 is 15.4 Å². The normalized spacial score (nSPS) is 11.0. The molecule has 1 rings (SSSR count). The highest BCUT2D eigenvalue weighted by Gasteiger charge is 2.15. The van der Waals surface area contributed by atoms with Gasteiger partial charge in [-0.1, -0.05) is 12.1 Å². The van der Waals surface area contributed by atoms with Crippen LogP contribution in [0.5, 0.6) is 0 Å². The van der Waals surface area contributed by atoms with E-state index in [1.54, 1.807) is 32.9 Å². The highest BCUT2D eigenvalue weighted by Crippen LogP contribution is 2.06. The molecule has 0 bridgehead atoms. The molecule has 0 aliphatic heterocycles. The summed E-state index contributed by atoms with van der Waals surface area (Å²) >= 11 is 1.44. The Morgan fingerprint density at radius 3 is 2.42 bits per heavy atom. The molecular weight excluding hydrogens is 331 g/mol. The number of benzene rings is 1. The first-order valence-corrected chi connectivity index (χ1v) is 8.97. The maximum Gasteiger partial charge on any atom is 0.407 e. The van der Waals surface area contributed by atoms with E-state index in [1.807, 2.05) is 0 Å². The summed E-state index contributed by atoms with van der Waals surface area (Å²) in [5.74, 6) is 0.642. The van der Waals surface area contributed by atoms with E-state index in [0.29, 0.717) is 31.0 Å². The van der Waals surface area contributed by atoms with Gasteiger partial charge in [0.2, 0.25) is 5.91 Å². The number of nitrogens with one attached hydrogen (secondary N) is 2. The van der Waals surface area contributed by atoms with Gasteiger partial charge in [-0.05, 0) is 44.9 Å². The van der Waals surface area contributed by atoms with Crippen LogP contribution in [-0.4, -0.2) is 42.2 Å². The van der Waals surface area contributed by atoms with E-state index in [0.717, 1.165) is 5.56 Å². The Bertz CT molecular complexity index is 530. The third-order valence-corrected chi connectivity index (χ3v) is 3.76. The molecule has 0 fully saturated rings. The Labute approximate surface area is 146 Å². The zero-order valence-electron chi connectivity index (χ0n) is 14.4. The molecule has 0 saturated heterocycles. The average Bonchev–Trinajstić information content (AvgIpc) is 2.47. The summed E-state index contributed by atoms with van der Waals surface area (Å²) in [5, 5.41) is 5.45. The molecule has 0 atom stereocenters. The number of halogens is 1. The minimum atomic E-state index is -0.512. The molecule has 24 heavy (non-hydrogen) atoms. The number of carbonyl (C=O) groups is 2. The first kappa shape index (κ1) is 20.3. The first-order valence-electron chi connectivity index (χ1n) is 7.82. The molecule has 7 heteroatoms. The number of alkyl carbamates (subject to hydrolysis) is 1. The minimum absolute atomic E-state index is 0.0561. The molecule has 2 N–H and O–H groups in total. The Balaban J connectivity index is 2.04. The number of thioether (sulfide) groups is 1. The number of ether oxygens (including phenoxy) is 1. The van der Waals surface area contributed by atoms with E-state index in [1.165, 1.54) is 23.9 Å². The molecule has 1 aromatic rings. The SMILES string of the molecule is CC(C)(C)OC(=O)NCCSCC(=O)NCCc1ccc(F)cc1. The number of amides is 2. The molecule has 0 saturated carbocycles. The molecule has 0 heterocycles. The van der Waals surface area contributed by atoms with Crippen molar-refractivity contribution in [1.29, 1.82) is 0 Å². The Kier molecular flexibility index (Phi) is 8.60. The zero-order chi connectivity index (χ0) is 18.0. The van der Waals surface area contributed by atoms with E-state index in [-0.39, 0.29) is 11.7 Å². The lowest BCUT2D eigenvalue weighted by Gasteiger charge is -2.19.